The summed E-state index contributed by atoms with van der Waals surface area (Å²) >= 11 is 13.7. The smallest absolute Gasteiger partial charge is 0.249 e. The number of fused-ring (bicyclic) bond motifs is 1. The molecule has 0 atom stereocenters. The Balaban J connectivity index is 1.87. The summed E-state index contributed by atoms with van der Waals surface area (Å²) in [4.78, 5) is 17.1. The number of benzene rings is 2. The molecule has 0 spiro atoms. The second-order valence-corrected chi connectivity index (χ2v) is 10.1. The Labute approximate surface area is 177 Å². The fourth-order valence-electron chi connectivity index (χ4n) is 2.73. The summed E-state index contributed by atoms with van der Waals surface area (Å²) in [6.45, 7) is 4.34. The molecule has 3 rings (SSSR count). The first kappa shape index (κ1) is 21.0. The first-order chi connectivity index (χ1) is 13.2. The van der Waals surface area contributed by atoms with Crippen LogP contribution in [0.15, 0.2) is 46.3 Å². The fraction of sp³-hybridized carbons (Fsp3) is 0.263. The number of aromatic nitrogens is 1. The van der Waals surface area contributed by atoms with Gasteiger partial charge in [0, 0.05) is 13.0 Å². The van der Waals surface area contributed by atoms with Gasteiger partial charge in [-0.25, -0.2) is 8.42 Å². The largest absolute Gasteiger partial charge is 0.315 e. The normalized spacial score (nSPS) is 12.6. The van der Waals surface area contributed by atoms with E-state index in [4.69, 9.17) is 23.2 Å². The van der Waals surface area contributed by atoms with E-state index in [0.29, 0.717) is 21.4 Å². The van der Waals surface area contributed by atoms with Crippen molar-refractivity contribution in [2.45, 2.75) is 31.7 Å². The van der Waals surface area contributed by atoms with Crippen LogP contribution in [0.25, 0.3) is 10.2 Å². The molecule has 0 bridgehead atoms. The standard InChI is InChI=1S/C19H18Cl2N2O3S2/c1-3-23-18-15(9-8-14(20)17(18)21)27-19(23)22-16(24)10-11-28(25,26)13-6-4-12(2)5-7-13/h4-9H,3,10-11H2,1-2H3. The van der Waals surface area contributed by atoms with Gasteiger partial charge in [-0.1, -0.05) is 52.2 Å². The van der Waals surface area contributed by atoms with Crippen molar-refractivity contribution in [2.24, 2.45) is 4.99 Å². The molecule has 0 fully saturated rings. The fourth-order valence-corrected chi connectivity index (χ4v) is 5.55. The van der Waals surface area contributed by atoms with Gasteiger partial charge in [-0.15, -0.1) is 0 Å². The van der Waals surface area contributed by atoms with Gasteiger partial charge in [0.15, 0.2) is 14.6 Å². The number of aryl methyl sites for hydroxylation is 2. The molecular formula is C19H18Cl2N2O3S2. The van der Waals surface area contributed by atoms with Crippen molar-refractivity contribution in [3.05, 3.63) is 56.8 Å². The molecule has 1 aromatic heterocycles. The number of hydrogen-bond donors (Lipinski definition) is 0. The van der Waals surface area contributed by atoms with Gasteiger partial charge in [0.25, 0.3) is 0 Å². The summed E-state index contributed by atoms with van der Waals surface area (Å²) in [5.74, 6) is -0.784. The molecule has 0 saturated heterocycles. The summed E-state index contributed by atoms with van der Waals surface area (Å²) < 4.78 is 27.5. The number of rotatable bonds is 5. The zero-order chi connectivity index (χ0) is 20.5. The lowest BCUT2D eigenvalue weighted by molar-refractivity contribution is -0.117. The van der Waals surface area contributed by atoms with Gasteiger partial charge in [-0.2, -0.15) is 4.99 Å². The van der Waals surface area contributed by atoms with E-state index in [0.717, 1.165) is 15.8 Å². The first-order valence-corrected chi connectivity index (χ1v) is 11.8. The number of nitrogens with zero attached hydrogens (tertiary/aromatic N) is 2. The molecular weight excluding hydrogens is 439 g/mol. The average Bonchev–Trinajstić information content (AvgIpc) is 3.01. The van der Waals surface area contributed by atoms with E-state index in [1.807, 2.05) is 19.9 Å². The summed E-state index contributed by atoms with van der Waals surface area (Å²) in [5.41, 5.74) is 1.69. The van der Waals surface area contributed by atoms with Crippen LogP contribution in [0.2, 0.25) is 10.0 Å². The molecule has 0 aliphatic rings. The molecule has 28 heavy (non-hydrogen) atoms. The van der Waals surface area contributed by atoms with E-state index in [1.54, 1.807) is 34.9 Å². The lowest BCUT2D eigenvalue weighted by atomic mass is 10.2. The zero-order valence-electron chi connectivity index (χ0n) is 15.3. The highest BCUT2D eigenvalue weighted by atomic mass is 35.5. The molecule has 5 nitrogen and oxygen atoms in total. The Hall–Kier alpha value is -1.67. The molecule has 1 heterocycles. The maximum atomic E-state index is 12.4. The number of amides is 1. The lowest BCUT2D eigenvalue weighted by Crippen LogP contribution is -2.17. The summed E-state index contributed by atoms with van der Waals surface area (Å²) in [5, 5.41) is 0.837. The van der Waals surface area contributed by atoms with Crippen LogP contribution >= 0.6 is 34.5 Å². The van der Waals surface area contributed by atoms with Crippen LogP contribution in [-0.2, 0) is 21.2 Å². The molecule has 0 aliphatic carbocycles. The molecule has 0 radical (unpaired) electrons. The number of sulfone groups is 1. The van der Waals surface area contributed by atoms with Crippen molar-refractivity contribution in [3.8, 4) is 0 Å². The predicted molar refractivity (Wildman–Crippen MR) is 114 cm³/mol. The monoisotopic (exact) mass is 456 g/mol. The summed E-state index contributed by atoms with van der Waals surface area (Å²) in [7, 11) is -3.54. The van der Waals surface area contributed by atoms with Gasteiger partial charge < -0.3 is 4.57 Å². The van der Waals surface area contributed by atoms with Crippen molar-refractivity contribution in [1.82, 2.24) is 4.57 Å². The highest BCUT2D eigenvalue weighted by Gasteiger charge is 2.17. The first-order valence-electron chi connectivity index (χ1n) is 8.57. The Morgan fingerprint density at radius 3 is 2.46 bits per heavy atom. The van der Waals surface area contributed by atoms with Crippen LogP contribution in [0, 0.1) is 6.92 Å². The van der Waals surface area contributed by atoms with E-state index < -0.39 is 15.7 Å². The highest BCUT2D eigenvalue weighted by molar-refractivity contribution is 7.91. The van der Waals surface area contributed by atoms with Gasteiger partial charge in [-0.3, -0.25) is 4.79 Å². The van der Waals surface area contributed by atoms with E-state index in [1.165, 1.54) is 11.3 Å². The van der Waals surface area contributed by atoms with Gasteiger partial charge >= 0.3 is 0 Å². The number of carbonyl (C=O) groups is 1. The number of hydrogen-bond acceptors (Lipinski definition) is 4. The van der Waals surface area contributed by atoms with Crippen molar-refractivity contribution < 1.29 is 13.2 Å². The molecule has 0 aliphatic heterocycles. The van der Waals surface area contributed by atoms with E-state index in [2.05, 4.69) is 4.99 Å². The van der Waals surface area contributed by atoms with Crippen LogP contribution in [-0.4, -0.2) is 24.6 Å². The van der Waals surface area contributed by atoms with Gasteiger partial charge in [-0.05, 0) is 38.1 Å². The molecule has 0 saturated carbocycles. The van der Waals surface area contributed by atoms with Crippen molar-refractivity contribution in [2.75, 3.05) is 5.75 Å². The third-order valence-corrected chi connectivity index (χ3v) is 7.81. The average molecular weight is 457 g/mol. The van der Waals surface area contributed by atoms with E-state index in [9.17, 15) is 13.2 Å². The second kappa shape index (κ2) is 8.37. The van der Waals surface area contributed by atoms with Gasteiger partial charge in [0.1, 0.15) is 0 Å². The molecule has 0 unspecified atom stereocenters. The third-order valence-electron chi connectivity index (χ3n) is 4.24. The number of carbonyl (C=O) groups excluding carboxylic acids is 1. The Morgan fingerprint density at radius 1 is 1.14 bits per heavy atom. The molecule has 0 N–H and O–H groups in total. The third kappa shape index (κ3) is 4.33. The maximum Gasteiger partial charge on any atom is 0.249 e. The van der Waals surface area contributed by atoms with Gasteiger partial charge in [0.2, 0.25) is 5.91 Å². The topological polar surface area (TPSA) is 68.5 Å². The number of thiazole rings is 1. The number of halogens is 2. The lowest BCUT2D eigenvalue weighted by Gasteiger charge is -2.04. The predicted octanol–water partition coefficient (Wildman–Crippen LogP) is 4.63. The van der Waals surface area contributed by atoms with Crippen LogP contribution in [0.1, 0.15) is 18.9 Å². The van der Waals surface area contributed by atoms with E-state index >= 15 is 0 Å². The molecule has 1 amide bonds. The van der Waals surface area contributed by atoms with Crippen LogP contribution in [0.3, 0.4) is 0 Å². The summed E-state index contributed by atoms with van der Waals surface area (Å²) in [6.07, 6.45) is -0.192. The van der Waals surface area contributed by atoms with Crippen molar-refractivity contribution >= 4 is 60.5 Å². The van der Waals surface area contributed by atoms with Crippen molar-refractivity contribution in [1.29, 1.82) is 0 Å². The van der Waals surface area contributed by atoms with Crippen LogP contribution < -0.4 is 4.80 Å². The van der Waals surface area contributed by atoms with E-state index in [-0.39, 0.29) is 17.1 Å². The van der Waals surface area contributed by atoms with Crippen LogP contribution in [0.4, 0.5) is 0 Å². The SMILES string of the molecule is CCn1c(=NC(=O)CCS(=O)(=O)c2ccc(C)cc2)sc2ccc(Cl)c(Cl)c21. The zero-order valence-corrected chi connectivity index (χ0v) is 18.4. The van der Waals surface area contributed by atoms with Gasteiger partial charge in [0.05, 0.1) is 30.9 Å². The molecule has 148 valence electrons. The summed E-state index contributed by atoms with van der Waals surface area (Å²) in [6, 6.07) is 10.1. The quantitative estimate of drug-likeness (QED) is 0.561. The highest BCUT2D eigenvalue weighted by Crippen LogP contribution is 2.32. The van der Waals surface area contributed by atoms with Crippen LogP contribution in [0.5, 0.6) is 0 Å². The molecule has 2 aromatic carbocycles. The molecule has 9 heteroatoms. The minimum absolute atomic E-state index is 0.192. The molecule has 3 aromatic rings. The maximum absolute atomic E-state index is 12.4. The Kier molecular flexibility index (Phi) is 6.29. The minimum Gasteiger partial charge on any atom is -0.315 e. The minimum atomic E-state index is -3.54. The van der Waals surface area contributed by atoms with Crippen molar-refractivity contribution in [3.63, 3.8) is 0 Å². The second-order valence-electron chi connectivity index (χ2n) is 6.22. The Morgan fingerprint density at radius 2 is 1.82 bits per heavy atom. The Bertz CT molecular complexity index is 1210.